The van der Waals surface area contributed by atoms with Gasteiger partial charge in [-0.1, -0.05) is 12.1 Å². The number of rotatable bonds is 4. The normalized spacial score (nSPS) is 18.3. The minimum absolute atomic E-state index is 0.117. The second kappa shape index (κ2) is 5.58. The molecule has 5 heteroatoms. The van der Waals surface area contributed by atoms with Gasteiger partial charge < -0.3 is 9.84 Å². The van der Waals surface area contributed by atoms with Gasteiger partial charge in [-0.2, -0.15) is 0 Å². The van der Waals surface area contributed by atoms with Crippen molar-refractivity contribution in [1.29, 1.82) is 0 Å². The molecule has 1 aliphatic rings. The fourth-order valence-electron chi connectivity index (χ4n) is 1.69. The van der Waals surface area contributed by atoms with Crippen molar-refractivity contribution in [1.82, 2.24) is 0 Å². The van der Waals surface area contributed by atoms with Crippen LogP contribution >= 0.6 is 0 Å². The Kier molecular flexibility index (Phi) is 3.87. The number of ether oxygens (including phenoxy) is 1. The first kappa shape index (κ1) is 13.2. The van der Waals surface area contributed by atoms with E-state index in [1.807, 2.05) is 0 Å². The zero-order chi connectivity index (χ0) is 13.8. The summed E-state index contributed by atoms with van der Waals surface area (Å²) < 4.78 is 5.46. The second-order valence-corrected chi connectivity index (χ2v) is 4.15. The molecule has 2 rings (SSSR count). The van der Waals surface area contributed by atoms with E-state index in [0.29, 0.717) is 0 Å². The first-order valence-corrected chi connectivity index (χ1v) is 5.76. The van der Waals surface area contributed by atoms with Crippen LogP contribution in [0.15, 0.2) is 41.5 Å². The number of phenolic OH excluding ortho intramolecular Hbond substituents is 1. The number of carbonyl (C=O) groups is 2. The molecule has 0 fully saturated rings. The maximum atomic E-state index is 11.7. The molecular formula is C14H13NO4. The summed E-state index contributed by atoms with van der Waals surface area (Å²) in [6.45, 7) is 1.51. The SMILES string of the molecule is CC(=O)C1=NC=CC(=O)C1OCc1ccc(O)cc1. The third kappa shape index (κ3) is 3.14. The highest BCUT2D eigenvalue weighted by Crippen LogP contribution is 2.13. The van der Waals surface area contributed by atoms with Crippen molar-refractivity contribution < 1.29 is 19.4 Å². The van der Waals surface area contributed by atoms with Crippen LogP contribution in [0, 0.1) is 0 Å². The number of aromatic hydroxyl groups is 1. The Morgan fingerprint density at radius 2 is 2.05 bits per heavy atom. The van der Waals surface area contributed by atoms with Crippen molar-refractivity contribution in [2.75, 3.05) is 0 Å². The first-order chi connectivity index (χ1) is 9.08. The molecule has 5 nitrogen and oxygen atoms in total. The molecule has 0 saturated carbocycles. The zero-order valence-electron chi connectivity index (χ0n) is 10.4. The van der Waals surface area contributed by atoms with Crippen LogP contribution in [0.4, 0.5) is 0 Å². The van der Waals surface area contributed by atoms with Crippen molar-refractivity contribution in [3.63, 3.8) is 0 Å². The van der Waals surface area contributed by atoms with Gasteiger partial charge in [-0.25, -0.2) is 0 Å². The number of carbonyl (C=O) groups excluding carboxylic acids is 2. The summed E-state index contributed by atoms with van der Waals surface area (Å²) in [5.74, 6) is -0.418. The predicted octanol–water partition coefficient (Wildman–Crippen LogP) is 1.40. The number of phenols is 1. The Hall–Kier alpha value is -2.27. The van der Waals surface area contributed by atoms with Gasteiger partial charge in [0.2, 0.25) is 0 Å². The molecule has 1 N–H and O–H groups in total. The van der Waals surface area contributed by atoms with Gasteiger partial charge in [0.05, 0.1) is 6.61 Å². The van der Waals surface area contributed by atoms with Crippen molar-refractivity contribution >= 4 is 17.3 Å². The van der Waals surface area contributed by atoms with Crippen LogP contribution in [0.25, 0.3) is 0 Å². The number of ketones is 2. The average molecular weight is 259 g/mol. The highest BCUT2D eigenvalue weighted by molar-refractivity contribution is 6.45. The van der Waals surface area contributed by atoms with Gasteiger partial charge >= 0.3 is 0 Å². The summed E-state index contributed by atoms with van der Waals surface area (Å²) in [4.78, 5) is 27.0. The fraction of sp³-hybridized carbons (Fsp3) is 0.214. The Morgan fingerprint density at radius 3 is 2.68 bits per heavy atom. The van der Waals surface area contributed by atoms with Crippen LogP contribution in [-0.4, -0.2) is 28.5 Å². The number of Topliss-reactive ketones (excluding diaryl/α,β-unsaturated/α-hetero) is 1. The van der Waals surface area contributed by atoms with Gasteiger partial charge in [-0.05, 0) is 17.7 Å². The van der Waals surface area contributed by atoms with E-state index in [0.717, 1.165) is 5.56 Å². The van der Waals surface area contributed by atoms with E-state index in [1.165, 1.54) is 31.3 Å². The van der Waals surface area contributed by atoms with Crippen LogP contribution in [-0.2, 0) is 20.9 Å². The molecule has 1 aromatic carbocycles. The Morgan fingerprint density at radius 1 is 1.37 bits per heavy atom. The third-order valence-corrected chi connectivity index (χ3v) is 2.67. The second-order valence-electron chi connectivity index (χ2n) is 4.15. The Labute approximate surface area is 110 Å². The largest absolute Gasteiger partial charge is 0.508 e. The minimum Gasteiger partial charge on any atom is -0.508 e. The lowest BCUT2D eigenvalue weighted by Crippen LogP contribution is -2.37. The van der Waals surface area contributed by atoms with Crippen LogP contribution < -0.4 is 0 Å². The third-order valence-electron chi connectivity index (χ3n) is 2.67. The van der Waals surface area contributed by atoms with Crippen LogP contribution in [0.2, 0.25) is 0 Å². The highest BCUT2D eigenvalue weighted by Gasteiger charge is 2.28. The fourth-order valence-corrected chi connectivity index (χ4v) is 1.69. The molecule has 0 amide bonds. The summed E-state index contributed by atoms with van der Waals surface area (Å²) >= 11 is 0. The van der Waals surface area contributed by atoms with E-state index in [2.05, 4.69) is 4.99 Å². The Bertz CT molecular complexity index is 557. The average Bonchev–Trinajstić information content (AvgIpc) is 2.39. The lowest BCUT2D eigenvalue weighted by Gasteiger charge is -2.17. The van der Waals surface area contributed by atoms with Crippen LogP contribution in [0.3, 0.4) is 0 Å². The monoisotopic (exact) mass is 259 g/mol. The minimum atomic E-state index is -0.948. The standard InChI is InChI=1S/C14H13NO4/c1-9(16)13-14(12(18)6-7-15-13)19-8-10-2-4-11(17)5-3-10/h2-7,14,17H,8H2,1H3. The maximum Gasteiger partial charge on any atom is 0.192 e. The van der Waals surface area contributed by atoms with Crippen LogP contribution in [0.5, 0.6) is 5.75 Å². The molecule has 0 radical (unpaired) electrons. The summed E-state index contributed by atoms with van der Waals surface area (Å²) in [6.07, 6.45) is 1.64. The van der Waals surface area contributed by atoms with E-state index in [9.17, 15) is 9.59 Å². The van der Waals surface area contributed by atoms with E-state index >= 15 is 0 Å². The molecule has 1 aliphatic heterocycles. The van der Waals surface area contributed by atoms with Crippen molar-refractivity contribution in [3.05, 3.63) is 42.1 Å². The van der Waals surface area contributed by atoms with Crippen molar-refractivity contribution in [3.8, 4) is 5.75 Å². The highest BCUT2D eigenvalue weighted by atomic mass is 16.5. The van der Waals surface area contributed by atoms with Gasteiger partial charge in [-0.15, -0.1) is 0 Å². The van der Waals surface area contributed by atoms with Gasteiger partial charge in [-0.3, -0.25) is 14.6 Å². The molecular weight excluding hydrogens is 246 g/mol. The van der Waals surface area contributed by atoms with E-state index in [1.54, 1.807) is 12.1 Å². The molecule has 0 spiro atoms. The van der Waals surface area contributed by atoms with Gasteiger partial charge in [0.1, 0.15) is 11.5 Å². The Balaban J connectivity index is 2.07. The van der Waals surface area contributed by atoms with Crippen molar-refractivity contribution in [2.24, 2.45) is 4.99 Å². The van der Waals surface area contributed by atoms with E-state index in [4.69, 9.17) is 9.84 Å². The van der Waals surface area contributed by atoms with Crippen molar-refractivity contribution in [2.45, 2.75) is 19.6 Å². The molecule has 1 atom stereocenters. The molecule has 0 aliphatic carbocycles. The number of aliphatic imine (C=N–C) groups is 1. The number of nitrogens with zero attached hydrogens (tertiary/aromatic N) is 1. The number of hydrogen-bond acceptors (Lipinski definition) is 5. The molecule has 1 unspecified atom stereocenters. The smallest absolute Gasteiger partial charge is 0.192 e. The van der Waals surface area contributed by atoms with E-state index in [-0.39, 0.29) is 29.6 Å². The molecule has 0 saturated heterocycles. The topological polar surface area (TPSA) is 76.0 Å². The quantitative estimate of drug-likeness (QED) is 0.886. The lowest BCUT2D eigenvalue weighted by molar-refractivity contribution is -0.124. The molecule has 0 aromatic heterocycles. The number of benzene rings is 1. The zero-order valence-corrected chi connectivity index (χ0v) is 10.4. The van der Waals surface area contributed by atoms with Gasteiger partial charge in [0.15, 0.2) is 17.7 Å². The summed E-state index contributed by atoms with van der Waals surface area (Å²) in [5, 5.41) is 9.16. The van der Waals surface area contributed by atoms with E-state index < -0.39 is 6.10 Å². The lowest BCUT2D eigenvalue weighted by atomic mass is 10.0. The molecule has 1 heterocycles. The molecule has 1 aromatic rings. The predicted molar refractivity (Wildman–Crippen MR) is 68.9 cm³/mol. The summed E-state index contributed by atoms with van der Waals surface area (Å²) in [7, 11) is 0. The summed E-state index contributed by atoms with van der Waals surface area (Å²) in [6, 6.07) is 6.43. The van der Waals surface area contributed by atoms with Gasteiger partial charge in [0, 0.05) is 19.2 Å². The molecule has 0 bridgehead atoms. The summed E-state index contributed by atoms with van der Waals surface area (Å²) in [5.41, 5.74) is 0.911. The van der Waals surface area contributed by atoms with Gasteiger partial charge in [0.25, 0.3) is 0 Å². The molecule has 19 heavy (non-hydrogen) atoms. The maximum absolute atomic E-state index is 11.7. The first-order valence-electron chi connectivity index (χ1n) is 5.76. The molecule has 98 valence electrons. The van der Waals surface area contributed by atoms with Crippen LogP contribution in [0.1, 0.15) is 12.5 Å². The number of hydrogen-bond donors (Lipinski definition) is 1.